The standard InChI is InChI=1S/C20H31N3O.2ClH/c1-15-5-2-3-12-23(15)14-16-8-10-18(11-9-16)22-20(24)19-7-4-6-17(19)13-21;;/h8-11,15,17,19H,2-7,12-14,21H2,1H3,(H,22,24);2*1H/t15?,17-,19-;;/m1../s1. The van der Waals surface area contributed by atoms with Crippen LogP contribution in [0.25, 0.3) is 0 Å². The summed E-state index contributed by atoms with van der Waals surface area (Å²) >= 11 is 0. The molecule has 0 bridgehead atoms. The van der Waals surface area contributed by atoms with Gasteiger partial charge < -0.3 is 11.1 Å². The number of amides is 1. The van der Waals surface area contributed by atoms with Crippen LogP contribution in [0.3, 0.4) is 0 Å². The summed E-state index contributed by atoms with van der Waals surface area (Å²) in [7, 11) is 0. The molecule has 148 valence electrons. The van der Waals surface area contributed by atoms with Crippen molar-refractivity contribution in [3.8, 4) is 0 Å². The minimum atomic E-state index is 0. The van der Waals surface area contributed by atoms with Crippen LogP contribution >= 0.6 is 24.8 Å². The van der Waals surface area contributed by atoms with Gasteiger partial charge in [-0.3, -0.25) is 9.69 Å². The average molecular weight is 402 g/mol. The summed E-state index contributed by atoms with van der Waals surface area (Å²) in [5.41, 5.74) is 8.01. The molecule has 0 radical (unpaired) electrons. The Labute approximate surface area is 170 Å². The molecule has 0 aromatic heterocycles. The number of halogens is 2. The number of carbonyl (C=O) groups excluding carboxylic acids is 1. The maximum Gasteiger partial charge on any atom is 0.227 e. The first-order valence-electron chi connectivity index (χ1n) is 9.51. The van der Waals surface area contributed by atoms with Crippen molar-refractivity contribution in [3.63, 3.8) is 0 Å². The second-order valence-corrected chi connectivity index (χ2v) is 7.53. The number of benzene rings is 1. The van der Waals surface area contributed by atoms with E-state index in [1.807, 2.05) is 12.1 Å². The Kier molecular flexibility index (Phi) is 9.94. The molecule has 3 rings (SSSR count). The summed E-state index contributed by atoms with van der Waals surface area (Å²) < 4.78 is 0. The van der Waals surface area contributed by atoms with Crippen LogP contribution in [-0.4, -0.2) is 29.9 Å². The molecule has 4 nitrogen and oxygen atoms in total. The second-order valence-electron chi connectivity index (χ2n) is 7.53. The van der Waals surface area contributed by atoms with E-state index < -0.39 is 0 Å². The molecule has 3 N–H and O–H groups in total. The predicted molar refractivity (Wildman–Crippen MR) is 113 cm³/mol. The molecule has 3 atom stereocenters. The highest BCUT2D eigenvalue weighted by molar-refractivity contribution is 5.92. The van der Waals surface area contributed by atoms with Crippen molar-refractivity contribution in [1.29, 1.82) is 0 Å². The van der Waals surface area contributed by atoms with Crippen molar-refractivity contribution in [1.82, 2.24) is 4.90 Å². The van der Waals surface area contributed by atoms with Crippen LogP contribution < -0.4 is 11.1 Å². The smallest absolute Gasteiger partial charge is 0.227 e. The van der Waals surface area contributed by atoms with Gasteiger partial charge in [-0.15, -0.1) is 24.8 Å². The number of likely N-dealkylation sites (tertiary alicyclic amines) is 1. The molecule has 1 heterocycles. The van der Waals surface area contributed by atoms with Crippen molar-refractivity contribution in [3.05, 3.63) is 29.8 Å². The molecule has 1 aromatic rings. The maximum absolute atomic E-state index is 12.5. The second kappa shape index (κ2) is 11.1. The highest BCUT2D eigenvalue weighted by Gasteiger charge is 2.31. The Balaban J connectivity index is 0.00000169. The third kappa shape index (κ3) is 5.85. The molecule has 2 fully saturated rings. The predicted octanol–water partition coefficient (Wildman–Crippen LogP) is 4.22. The summed E-state index contributed by atoms with van der Waals surface area (Å²) in [5, 5.41) is 3.08. The Morgan fingerprint density at radius 1 is 1.12 bits per heavy atom. The zero-order chi connectivity index (χ0) is 16.9. The van der Waals surface area contributed by atoms with Gasteiger partial charge in [-0.1, -0.05) is 25.0 Å². The van der Waals surface area contributed by atoms with Crippen LogP contribution in [0.4, 0.5) is 5.69 Å². The molecule has 1 saturated heterocycles. The average Bonchev–Trinajstić information content (AvgIpc) is 3.07. The van der Waals surface area contributed by atoms with E-state index in [-0.39, 0.29) is 36.6 Å². The number of piperidine rings is 1. The quantitative estimate of drug-likeness (QED) is 0.776. The highest BCUT2D eigenvalue weighted by Crippen LogP contribution is 2.32. The lowest BCUT2D eigenvalue weighted by Crippen LogP contribution is -2.36. The number of nitrogens with one attached hydrogen (secondary N) is 1. The monoisotopic (exact) mass is 401 g/mol. The first kappa shape index (κ1) is 23.2. The van der Waals surface area contributed by atoms with Crippen LogP contribution in [-0.2, 0) is 11.3 Å². The third-order valence-electron chi connectivity index (χ3n) is 5.85. The molecule has 0 spiro atoms. The zero-order valence-electron chi connectivity index (χ0n) is 15.7. The van der Waals surface area contributed by atoms with Crippen LogP contribution in [0.15, 0.2) is 24.3 Å². The molecule has 1 amide bonds. The van der Waals surface area contributed by atoms with E-state index >= 15 is 0 Å². The van der Waals surface area contributed by atoms with E-state index in [4.69, 9.17) is 5.73 Å². The lowest BCUT2D eigenvalue weighted by Gasteiger charge is -2.33. The molecule has 1 aliphatic carbocycles. The summed E-state index contributed by atoms with van der Waals surface area (Å²) in [5.74, 6) is 0.578. The summed E-state index contributed by atoms with van der Waals surface area (Å²) in [6.45, 7) is 5.14. The van der Waals surface area contributed by atoms with Crippen molar-refractivity contribution >= 4 is 36.4 Å². The molecular weight excluding hydrogens is 369 g/mol. The van der Waals surface area contributed by atoms with Crippen LogP contribution in [0, 0.1) is 11.8 Å². The van der Waals surface area contributed by atoms with Crippen molar-refractivity contribution in [2.24, 2.45) is 17.6 Å². The lowest BCUT2D eigenvalue weighted by atomic mass is 9.95. The number of anilines is 1. The van der Waals surface area contributed by atoms with E-state index in [0.29, 0.717) is 18.5 Å². The van der Waals surface area contributed by atoms with E-state index in [1.54, 1.807) is 0 Å². The molecule has 1 unspecified atom stereocenters. The van der Waals surface area contributed by atoms with Gasteiger partial charge in [-0.25, -0.2) is 0 Å². The number of hydrogen-bond acceptors (Lipinski definition) is 3. The largest absolute Gasteiger partial charge is 0.330 e. The Bertz CT molecular complexity index is 552. The lowest BCUT2D eigenvalue weighted by molar-refractivity contribution is -0.120. The van der Waals surface area contributed by atoms with Gasteiger partial charge in [0.05, 0.1) is 0 Å². The number of nitrogens with two attached hydrogens (primary N) is 1. The summed E-state index contributed by atoms with van der Waals surface area (Å²) in [6.07, 6.45) is 7.14. The number of hydrogen-bond donors (Lipinski definition) is 2. The number of nitrogens with zero attached hydrogens (tertiary/aromatic N) is 1. The first-order chi connectivity index (χ1) is 11.7. The number of rotatable bonds is 5. The fraction of sp³-hybridized carbons (Fsp3) is 0.650. The molecule has 2 aliphatic rings. The topological polar surface area (TPSA) is 58.4 Å². The van der Waals surface area contributed by atoms with Gasteiger partial charge in [0, 0.05) is 24.2 Å². The van der Waals surface area contributed by atoms with Gasteiger partial charge in [0.1, 0.15) is 0 Å². The van der Waals surface area contributed by atoms with Gasteiger partial charge >= 0.3 is 0 Å². The van der Waals surface area contributed by atoms with Gasteiger partial charge in [0.25, 0.3) is 0 Å². The fourth-order valence-corrected chi connectivity index (χ4v) is 4.22. The SMILES string of the molecule is CC1CCCCN1Cc1ccc(NC(=O)[C@@H]2CCC[C@@H]2CN)cc1.Cl.Cl. The molecule has 6 heteroatoms. The molecule has 1 saturated carbocycles. The normalized spacial score (nSPS) is 25.8. The van der Waals surface area contributed by atoms with Crippen LogP contribution in [0.1, 0.15) is 51.0 Å². The Morgan fingerprint density at radius 3 is 2.50 bits per heavy atom. The zero-order valence-corrected chi connectivity index (χ0v) is 17.3. The van der Waals surface area contributed by atoms with Crippen molar-refractivity contribution < 1.29 is 4.79 Å². The Morgan fingerprint density at radius 2 is 1.85 bits per heavy atom. The maximum atomic E-state index is 12.5. The van der Waals surface area contributed by atoms with Gasteiger partial charge in [-0.05, 0) is 69.3 Å². The van der Waals surface area contributed by atoms with Crippen LogP contribution in [0.5, 0.6) is 0 Å². The van der Waals surface area contributed by atoms with Crippen LogP contribution in [0.2, 0.25) is 0 Å². The van der Waals surface area contributed by atoms with E-state index in [2.05, 4.69) is 29.3 Å². The minimum absolute atomic E-state index is 0. The fourth-order valence-electron chi connectivity index (χ4n) is 4.22. The van der Waals surface area contributed by atoms with E-state index in [9.17, 15) is 4.79 Å². The Hall–Kier alpha value is -0.810. The first-order valence-corrected chi connectivity index (χ1v) is 9.51. The van der Waals surface area contributed by atoms with Gasteiger partial charge in [0.15, 0.2) is 0 Å². The van der Waals surface area contributed by atoms with E-state index in [0.717, 1.165) is 31.5 Å². The third-order valence-corrected chi connectivity index (χ3v) is 5.85. The van der Waals surface area contributed by atoms with Crippen molar-refractivity contribution in [2.75, 3.05) is 18.4 Å². The molecule has 1 aromatic carbocycles. The van der Waals surface area contributed by atoms with Gasteiger partial charge in [-0.2, -0.15) is 0 Å². The summed E-state index contributed by atoms with van der Waals surface area (Å²) in [4.78, 5) is 15.0. The summed E-state index contributed by atoms with van der Waals surface area (Å²) in [6, 6.07) is 9.04. The van der Waals surface area contributed by atoms with Gasteiger partial charge in [0.2, 0.25) is 5.91 Å². The number of carbonyl (C=O) groups is 1. The molecule has 1 aliphatic heterocycles. The van der Waals surface area contributed by atoms with Crippen molar-refractivity contribution in [2.45, 2.75) is 58.0 Å². The highest BCUT2D eigenvalue weighted by atomic mass is 35.5. The molecule has 26 heavy (non-hydrogen) atoms. The van der Waals surface area contributed by atoms with E-state index in [1.165, 1.54) is 31.4 Å². The minimum Gasteiger partial charge on any atom is -0.330 e. The molecular formula is C20H33Cl2N3O.